The average molecular weight is 284 g/mol. The molecule has 0 fully saturated rings. The molecule has 0 aliphatic heterocycles. The lowest BCUT2D eigenvalue weighted by molar-refractivity contribution is -0.136. The molecular weight excluding hydrogens is 269 g/mol. The topological polar surface area (TPSA) is 38.1 Å². The third-order valence-corrected chi connectivity index (χ3v) is 2.95. The maximum absolute atomic E-state index is 12.0. The maximum Gasteiger partial charge on any atom is 0.389 e. The number of hydrogen-bond acceptors (Lipinski definition) is 2. The highest BCUT2D eigenvalue weighted by atomic mass is 19.4. The molecule has 1 N–H and O–H groups in total. The Labute approximate surface area is 114 Å². The van der Waals surface area contributed by atoms with Gasteiger partial charge in [0.15, 0.2) is 0 Å². The fourth-order valence-electron chi connectivity index (χ4n) is 1.89. The van der Waals surface area contributed by atoms with E-state index in [0.29, 0.717) is 5.56 Å². The number of rotatable bonds is 5. The lowest BCUT2D eigenvalue weighted by atomic mass is 10.1. The predicted molar refractivity (Wildman–Crippen MR) is 68.4 cm³/mol. The van der Waals surface area contributed by atoms with Crippen LogP contribution in [0.15, 0.2) is 42.7 Å². The van der Waals surface area contributed by atoms with E-state index in [1.165, 1.54) is 6.20 Å². The van der Waals surface area contributed by atoms with E-state index in [0.717, 1.165) is 5.69 Å². The van der Waals surface area contributed by atoms with Crippen LogP contribution in [-0.2, 0) is 0 Å². The molecule has 3 nitrogen and oxygen atoms in total. The van der Waals surface area contributed by atoms with Crippen LogP contribution < -0.4 is 0 Å². The average Bonchev–Trinajstić information content (AvgIpc) is 2.88. The van der Waals surface area contributed by atoms with Gasteiger partial charge in [0.25, 0.3) is 0 Å². The van der Waals surface area contributed by atoms with Crippen LogP contribution in [0.25, 0.3) is 5.69 Å². The molecule has 1 aromatic heterocycles. The molecule has 0 amide bonds. The summed E-state index contributed by atoms with van der Waals surface area (Å²) in [5.41, 5.74) is 1.36. The number of aliphatic hydroxyl groups excluding tert-OH is 1. The number of nitrogens with zero attached hydrogens (tertiary/aromatic N) is 2. The quantitative estimate of drug-likeness (QED) is 0.910. The first-order chi connectivity index (χ1) is 9.46. The Hall–Kier alpha value is -1.82. The molecule has 1 unspecified atom stereocenters. The van der Waals surface area contributed by atoms with Crippen molar-refractivity contribution in [1.29, 1.82) is 0 Å². The highest BCUT2D eigenvalue weighted by Crippen LogP contribution is 2.26. The molecule has 0 saturated carbocycles. The number of para-hydroxylation sites is 1. The highest BCUT2D eigenvalue weighted by Gasteiger charge is 2.26. The molecule has 0 aliphatic carbocycles. The second-order valence-corrected chi connectivity index (χ2v) is 4.58. The molecule has 1 atom stereocenters. The van der Waals surface area contributed by atoms with Crippen molar-refractivity contribution >= 4 is 0 Å². The van der Waals surface area contributed by atoms with Crippen LogP contribution in [0.3, 0.4) is 0 Å². The zero-order chi connectivity index (χ0) is 14.6. The van der Waals surface area contributed by atoms with E-state index in [4.69, 9.17) is 0 Å². The predicted octanol–water partition coefficient (Wildman–Crippen LogP) is 3.64. The molecule has 0 aliphatic rings. The number of aliphatic hydroxyl groups is 1. The zero-order valence-corrected chi connectivity index (χ0v) is 10.7. The standard InChI is InChI=1S/C14H15F3N2O/c15-14(16,17)8-4-7-13(20)11-9-18-19(10-11)12-5-2-1-3-6-12/h1-3,5-6,9-10,13,20H,4,7-8H2. The Morgan fingerprint density at radius 2 is 1.90 bits per heavy atom. The van der Waals surface area contributed by atoms with Gasteiger partial charge >= 0.3 is 6.18 Å². The molecule has 6 heteroatoms. The largest absolute Gasteiger partial charge is 0.389 e. The Bertz CT molecular complexity index is 537. The van der Waals surface area contributed by atoms with Crippen molar-refractivity contribution in [2.75, 3.05) is 0 Å². The summed E-state index contributed by atoms with van der Waals surface area (Å²) in [5.74, 6) is 0. The van der Waals surface area contributed by atoms with Crippen molar-refractivity contribution < 1.29 is 18.3 Å². The third-order valence-electron chi connectivity index (χ3n) is 2.95. The molecule has 0 saturated heterocycles. The van der Waals surface area contributed by atoms with E-state index in [2.05, 4.69) is 5.10 Å². The van der Waals surface area contributed by atoms with Gasteiger partial charge in [0, 0.05) is 18.2 Å². The number of hydrogen-bond donors (Lipinski definition) is 1. The molecular formula is C14H15F3N2O. The number of halogens is 3. The first-order valence-corrected chi connectivity index (χ1v) is 6.30. The van der Waals surface area contributed by atoms with Crippen LogP contribution in [0.5, 0.6) is 0 Å². The minimum absolute atomic E-state index is 0.0694. The van der Waals surface area contributed by atoms with E-state index in [9.17, 15) is 18.3 Å². The van der Waals surface area contributed by atoms with Gasteiger partial charge in [-0.3, -0.25) is 0 Å². The molecule has 0 spiro atoms. The Morgan fingerprint density at radius 3 is 2.55 bits per heavy atom. The first kappa shape index (κ1) is 14.6. The van der Waals surface area contributed by atoms with Crippen molar-refractivity contribution in [3.8, 4) is 5.69 Å². The van der Waals surface area contributed by atoms with Gasteiger partial charge in [0.2, 0.25) is 0 Å². The molecule has 2 rings (SSSR count). The summed E-state index contributed by atoms with van der Waals surface area (Å²) in [4.78, 5) is 0. The van der Waals surface area contributed by atoms with Gasteiger partial charge < -0.3 is 5.11 Å². The van der Waals surface area contributed by atoms with Gasteiger partial charge in [0.1, 0.15) is 0 Å². The van der Waals surface area contributed by atoms with Gasteiger partial charge in [-0.05, 0) is 25.0 Å². The number of aromatic nitrogens is 2. The first-order valence-electron chi connectivity index (χ1n) is 6.30. The van der Waals surface area contributed by atoms with Gasteiger partial charge in [-0.15, -0.1) is 0 Å². The molecule has 0 radical (unpaired) electrons. The van der Waals surface area contributed by atoms with E-state index >= 15 is 0 Å². The monoisotopic (exact) mass is 284 g/mol. The summed E-state index contributed by atoms with van der Waals surface area (Å²) in [6.45, 7) is 0. The second kappa shape index (κ2) is 6.09. The normalized spacial score (nSPS) is 13.4. The maximum atomic E-state index is 12.0. The minimum atomic E-state index is -4.17. The third kappa shape index (κ3) is 4.09. The lowest BCUT2D eigenvalue weighted by Crippen LogP contribution is -2.07. The highest BCUT2D eigenvalue weighted by molar-refractivity contribution is 5.31. The van der Waals surface area contributed by atoms with Crippen LogP contribution in [0.4, 0.5) is 13.2 Å². The summed E-state index contributed by atoms with van der Waals surface area (Å²) in [6, 6.07) is 9.30. The van der Waals surface area contributed by atoms with Crippen LogP contribution in [-0.4, -0.2) is 21.1 Å². The van der Waals surface area contributed by atoms with Gasteiger partial charge in [-0.2, -0.15) is 18.3 Å². The summed E-state index contributed by atoms with van der Waals surface area (Å²) < 4.78 is 37.7. The van der Waals surface area contributed by atoms with E-state index in [-0.39, 0.29) is 12.8 Å². The fourth-order valence-corrected chi connectivity index (χ4v) is 1.89. The van der Waals surface area contributed by atoms with Crippen molar-refractivity contribution in [2.45, 2.75) is 31.5 Å². The Kier molecular flexibility index (Phi) is 4.44. The van der Waals surface area contributed by atoms with E-state index < -0.39 is 18.7 Å². The molecule has 1 heterocycles. The van der Waals surface area contributed by atoms with Crippen molar-refractivity contribution in [3.05, 3.63) is 48.3 Å². The van der Waals surface area contributed by atoms with Crippen molar-refractivity contribution in [1.82, 2.24) is 9.78 Å². The molecule has 0 bridgehead atoms. The molecule has 2 aromatic rings. The van der Waals surface area contributed by atoms with E-state index in [1.54, 1.807) is 10.9 Å². The van der Waals surface area contributed by atoms with Gasteiger partial charge in [-0.1, -0.05) is 18.2 Å². The van der Waals surface area contributed by atoms with Crippen LogP contribution >= 0.6 is 0 Å². The number of benzene rings is 1. The van der Waals surface area contributed by atoms with Crippen molar-refractivity contribution in [3.63, 3.8) is 0 Å². The zero-order valence-electron chi connectivity index (χ0n) is 10.7. The van der Waals surface area contributed by atoms with Gasteiger partial charge in [-0.25, -0.2) is 4.68 Å². The SMILES string of the molecule is OC(CCCC(F)(F)F)c1cnn(-c2ccccc2)c1. The summed E-state index contributed by atoms with van der Waals surface area (Å²) >= 11 is 0. The van der Waals surface area contributed by atoms with E-state index in [1.807, 2.05) is 30.3 Å². The van der Waals surface area contributed by atoms with Crippen LogP contribution in [0.2, 0.25) is 0 Å². The minimum Gasteiger partial charge on any atom is -0.388 e. The Morgan fingerprint density at radius 1 is 1.20 bits per heavy atom. The fraction of sp³-hybridized carbons (Fsp3) is 0.357. The van der Waals surface area contributed by atoms with Crippen LogP contribution in [0, 0.1) is 0 Å². The Balaban J connectivity index is 1.95. The summed E-state index contributed by atoms with van der Waals surface area (Å²) in [7, 11) is 0. The summed E-state index contributed by atoms with van der Waals surface area (Å²) in [5, 5.41) is 14.0. The molecule has 108 valence electrons. The molecule has 20 heavy (non-hydrogen) atoms. The lowest BCUT2D eigenvalue weighted by Gasteiger charge is -2.09. The van der Waals surface area contributed by atoms with Crippen molar-refractivity contribution in [2.24, 2.45) is 0 Å². The second-order valence-electron chi connectivity index (χ2n) is 4.58. The van der Waals surface area contributed by atoms with Crippen LogP contribution in [0.1, 0.15) is 30.9 Å². The van der Waals surface area contributed by atoms with Gasteiger partial charge in [0.05, 0.1) is 18.0 Å². The number of alkyl halides is 3. The molecule has 1 aromatic carbocycles. The smallest absolute Gasteiger partial charge is 0.388 e. The summed E-state index contributed by atoms with van der Waals surface area (Å²) in [6.07, 6.45) is -2.89.